The van der Waals surface area contributed by atoms with Crippen LogP contribution in [0.4, 0.5) is 4.79 Å². The molecule has 0 spiro atoms. The van der Waals surface area contributed by atoms with Crippen molar-refractivity contribution in [3.8, 4) is 0 Å². The molecule has 2 atom stereocenters. The van der Waals surface area contributed by atoms with Gasteiger partial charge in [0.1, 0.15) is 0 Å². The minimum Gasteiger partial charge on any atom is -0.481 e. The highest BCUT2D eigenvalue weighted by atomic mass is 32.2. The molecule has 0 aliphatic heterocycles. The Morgan fingerprint density at radius 1 is 1.41 bits per heavy atom. The van der Waals surface area contributed by atoms with Crippen LogP contribution < -0.4 is 5.32 Å². The van der Waals surface area contributed by atoms with Crippen LogP contribution in [0.1, 0.15) is 26.7 Å². The number of carbonyl (C=O) groups is 2. The van der Waals surface area contributed by atoms with Crippen LogP contribution in [-0.2, 0) is 4.79 Å². The summed E-state index contributed by atoms with van der Waals surface area (Å²) in [4.78, 5) is 23.8. The van der Waals surface area contributed by atoms with Gasteiger partial charge >= 0.3 is 12.0 Å². The van der Waals surface area contributed by atoms with Gasteiger partial charge in [0.2, 0.25) is 0 Å². The molecule has 5 nitrogen and oxygen atoms in total. The Hall–Kier alpha value is -0.910. The summed E-state index contributed by atoms with van der Waals surface area (Å²) in [7, 11) is 1.73. The number of aliphatic carboxylic acids is 1. The van der Waals surface area contributed by atoms with Crippen LogP contribution >= 0.6 is 11.8 Å². The summed E-state index contributed by atoms with van der Waals surface area (Å²) < 4.78 is 0. The van der Waals surface area contributed by atoms with Crippen molar-refractivity contribution in [2.75, 3.05) is 19.1 Å². The number of carboxylic acid groups (broad SMARTS) is 1. The average Bonchev–Trinajstić information content (AvgIpc) is 2.23. The van der Waals surface area contributed by atoms with Crippen molar-refractivity contribution in [2.45, 2.75) is 38.8 Å². The molecule has 2 amide bonds. The van der Waals surface area contributed by atoms with E-state index in [2.05, 4.69) is 5.32 Å². The number of hydrogen-bond donors (Lipinski definition) is 2. The normalized spacial score (nSPS) is 13.9. The summed E-state index contributed by atoms with van der Waals surface area (Å²) in [6, 6.07) is -0.415. The Balaban J connectivity index is 4.07. The third kappa shape index (κ3) is 7.10. The van der Waals surface area contributed by atoms with Crippen LogP contribution in [0.25, 0.3) is 0 Å². The molecule has 2 unspecified atom stereocenters. The zero-order valence-corrected chi connectivity index (χ0v) is 11.7. The van der Waals surface area contributed by atoms with E-state index in [9.17, 15) is 9.59 Å². The molecule has 0 aliphatic carbocycles. The predicted molar refractivity (Wildman–Crippen MR) is 70.5 cm³/mol. The molecular weight excluding hydrogens is 240 g/mol. The molecule has 0 saturated carbocycles. The monoisotopic (exact) mass is 262 g/mol. The summed E-state index contributed by atoms with van der Waals surface area (Å²) in [6.45, 7) is 3.67. The van der Waals surface area contributed by atoms with Gasteiger partial charge in [0.25, 0.3) is 0 Å². The van der Waals surface area contributed by atoms with Crippen LogP contribution in [0.15, 0.2) is 0 Å². The highest BCUT2D eigenvalue weighted by Gasteiger charge is 2.18. The molecule has 0 fully saturated rings. The van der Waals surface area contributed by atoms with Gasteiger partial charge in [0.15, 0.2) is 0 Å². The van der Waals surface area contributed by atoms with E-state index >= 15 is 0 Å². The molecule has 2 N–H and O–H groups in total. The lowest BCUT2D eigenvalue weighted by atomic mass is 10.2. The predicted octanol–water partition coefficient (Wildman–Crippen LogP) is 1.63. The van der Waals surface area contributed by atoms with Gasteiger partial charge in [-0.2, -0.15) is 11.8 Å². The highest BCUT2D eigenvalue weighted by Crippen LogP contribution is 2.06. The van der Waals surface area contributed by atoms with Gasteiger partial charge in [0, 0.05) is 19.1 Å². The number of thioether (sulfide) groups is 1. The van der Waals surface area contributed by atoms with Gasteiger partial charge < -0.3 is 15.3 Å². The third-order valence-electron chi connectivity index (χ3n) is 2.57. The average molecular weight is 262 g/mol. The maximum absolute atomic E-state index is 11.8. The van der Waals surface area contributed by atoms with Gasteiger partial charge in [-0.1, -0.05) is 0 Å². The summed E-state index contributed by atoms with van der Waals surface area (Å²) >= 11 is 1.75. The molecule has 0 radical (unpaired) electrons. The Morgan fingerprint density at radius 2 is 2.00 bits per heavy atom. The molecule has 0 rings (SSSR count). The smallest absolute Gasteiger partial charge is 0.317 e. The van der Waals surface area contributed by atoms with Crippen molar-refractivity contribution >= 4 is 23.8 Å². The van der Waals surface area contributed by atoms with Gasteiger partial charge in [-0.25, -0.2) is 4.79 Å². The second-order valence-corrected chi connectivity index (χ2v) is 5.18. The number of carboxylic acids is 1. The van der Waals surface area contributed by atoms with Crippen molar-refractivity contribution in [1.82, 2.24) is 10.2 Å². The second-order valence-electron chi connectivity index (χ2n) is 4.19. The number of hydrogen-bond acceptors (Lipinski definition) is 3. The fraction of sp³-hybridized carbons (Fsp3) is 0.818. The van der Waals surface area contributed by atoms with Crippen LogP contribution in [-0.4, -0.2) is 53.1 Å². The van der Waals surface area contributed by atoms with Crippen molar-refractivity contribution in [3.63, 3.8) is 0 Å². The minimum atomic E-state index is -0.907. The van der Waals surface area contributed by atoms with Crippen LogP contribution in [0, 0.1) is 0 Å². The lowest BCUT2D eigenvalue weighted by molar-refractivity contribution is -0.137. The van der Waals surface area contributed by atoms with E-state index in [4.69, 9.17) is 5.11 Å². The third-order valence-corrected chi connectivity index (χ3v) is 3.22. The van der Waals surface area contributed by atoms with E-state index < -0.39 is 5.97 Å². The largest absolute Gasteiger partial charge is 0.481 e. The Morgan fingerprint density at radius 3 is 2.47 bits per heavy atom. The van der Waals surface area contributed by atoms with Crippen LogP contribution in [0.2, 0.25) is 0 Å². The quantitative estimate of drug-likeness (QED) is 0.731. The molecule has 6 heteroatoms. The Bertz CT molecular complexity index is 261. The molecule has 0 aromatic carbocycles. The van der Waals surface area contributed by atoms with Crippen LogP contribution in [0.3, 0.4) is 0 Å². The first-order valence-corrected chi connectivity index (χ1v) is 7.02. The van der Waals surface area contributed by atoms with E-state index in [1.165, 1.54) is 0 Å². The Labute approximate surface area is 107 Å². The second kappa shape index (κ2) is 8.22. The van der Waals surface area contributed by atoms with E-state index in [0.717, 1.165) is 12.2 Å². The topological polar surface area (TPSA) is 69.6 Å². The zero-order valence-electron chi connectivity index (χ0n) is 10.9. The molecule has 100 valence electrons. The van der Waals surface area contributed by atoms with E-state index in [1.807, 2.05) is 13.2 Å². The maximum Gasteiger partial charge on any atom is 0.317 e. The van der Waals surface area contributed by atoms with Crippen LogP contribution in [0.5, 0.6) is 0 Å². The van der Waals surface area contributed by atoms with E-state index in [0.29, 0.717) is 0 Å². The number of carbonyl (C=O) groups excluding carboxylic acids is 1. The highest BCUT2D eigenvalue weighted by molar-refractivity contribution is 7.98. The first-order valence-electron chi connectivity index (χ1n) is 5.62. The number of rotatable bonds is 7. The van der Waals surface area contributed by atoms with Crippen molar-refractivity contribution in [1.29, 1.82) is 0 Å². The van der Waals surface area contributed by atoms with Gasteiger partial charge in [0.05, 0.1) is 6.42 Å². The lowest BCUT2D eigenvalue weighted by Gasteiger charge is -2.26. The molecule has 0 bridgehead atoms. The van der Waals surface area contributed by atoms with E-state index in [1.54, 1.807) is 30.6 Å². The zero-order chi connectivity index (χ0) is 13.4. The van der Waals surface area contributed by atoms with Crippen molar-refractivity contribution in [2.24, 2.45) is 0 Å². The number of nitrogens with zero attached hydrogens (tertiary/aromatic N) is 1. The number of nitrogens with one attached hydrogen (secondary N) is 1. The summed E-state index contributed by atoms with van der Waals surface area (Å²) in [6.07, 6.45) is 2.90. The number of amides is 2. The first kappa shape index (κ1) is 16.1. The maximum atomic E-state index is 11.8. The fourth-order valence-corrected chi connectivity index (χ4v) is 1.88. The minimum absolute atomic E-state index is 0.0568. The standard InChI is InChI=1S/C11H22N2O3S/c1-8(7-10(14)15)12-11(16)13(3)9(2)5-6-17-4/h8-9H,5-7H2,1-4H3,(H,12,16)(H,14,15). The molecule has 0 heterocycles. The molecule has 0 saturated heterocycles. The van der Waals surface area contributed by atoms with Crippen molar-refractivity contribution < 1.29 is 14.7 Å². The molecule has 0 aromatic heterocycles. The molecule has 0 aromatic rings. The first-order chi connectivity index (χ1) is 7.88. The summed E-state index contributed by atoms with van der Waals surface area (Å²) in [5.74, 6) is 0.0969. The SMILES string of the molecule is CSCCC(C)N(C)C(=O)NC(C)CC(=O)O. The van der Waals surface area contributed by atoms with Crippen molar-refractivity contribution in [3.05, 3.63) is 0 Å². The summed E-state index contributed by atoms with van der Waals surface area (Å²) in [5, 5.41) is 11.3. The van der Waals surface area contributed by atoms with Gasteiger partial charge in [-0.15, -0.1) is 0 Å². The van der Waals surface area contributed by atoms with Gasteiger partial charge in [-0.3, -0.25) is 4.79 Å². The van der Waals surface area contributed by atoms with E-state index in [-0.39, 0.29) is 24.5 Å². The molecule has 0 aliphatic rings. The lowest BCUT2D eigenvalue weighted by Crippen LogP contribution is -2.46. The molecule has 17 heavy (non-hydrogen) atoms. The Kier molecular flexibility index (Phi) is 7.78. The summed E-state index contributed by atoms with van der Waals surface area (Å²) in [5.41, 5.74) is 0. The fourth-order valence-electron chi connectivity index (χ4n) is 1.31. The van der Waals surface area contributed by atoms with Gasteiger partial charge in [-0.05, 0) is 32.3 Å². The number of urea groups is 1. The molecular formula is C11H22N2O3S.